The first-order valence-electron chi connectivity index (χ1n) is 8.07. The van der Waals surface area contributed by atoms with Gasteiger partial charge in [0.05, 0.1) is 6.04 Å². The van der Waals surface area contributed by atoms with E-state index in [1.54, 1.807) is 0 Å². The first kappa shape index (κ1) is 16.7. The summed E-state index contributed by atoms with van der Waals surface area (Å²) in [6.45, 7) is 5.06. The Kier molecular flexibility index (Phi) is 5.03. The average molecular weight is 340 g/mol. The molecule has 3 rings (SSSR count). The highest BCUT2D eigenvalue weighted by Crippen LogP contribution is 2.23. The maximum absolute atomic E-state index is 6.04. The second kappa shape index (κ2) is 7.20. The largest absolute Gasteiger partial charge is 0.336 e. The molecule has 1 heterocycles. The van der Waals surface area contributed by atoms with Crippen molar-refractivity contribution in [2.75, 3.05) is 0 Å². The van der Waals surface area contributed by atoms with Crippen LogP contribution >= 0.6 is 11.6 Å². The third-order valence-electron chi connectivity index (χ3n) is 4.31. The molecular weight excluding hydrogens is 318 g/mol. The van der Waals surface area contributed by atoms with Gasteiger partial charge < -0.3 is 4.57 Å². The Morgan fingerprint density at radius 1 is 1.12 bits per heavy atom. The highest BCUT2D eigenvalue weighted by molar-refractivity contribution is 6.30. The standard InChI is InChI=1S/C20H22ClN3/c1-14-4-5-17(15(2)12-14)13-23-19(20-22-10-11-24(20)3)16-6-8-18(21)9-7-16/h4-12,19,23H,13H2,1-3H3/t19-/m0/s1. The zero-order valence-electron chi connectivity index (χ0n) is 14.3. The van der Waals surface area contributed by atoms with E-state index in [1.165, 1.54) is 16.7 Å². The van der Waals surface area contributed by atoms with Crippen LogP contribution in [0.4, 0.5) is 0 Å². The molecule has 0 radical (unpaired) electrons. The van der Waals surface area contributed by atoms with Crippen LogP contribution < -0.4 is 5.32 Å². The molecule has 3 nitrogen and oxygen atoms in total. The monoisotopic (exact) mass is 339 g/mol. The molecular formula is C20H22ClN3. The topological polar surface area (TPSA) is 29.9 Å². The van der Waals surface area contributed by atoms with Crippen molar-refractivity contribution in [3.8, 4) is 0 Å². The van der Waals surface area contributed by atoms with Crippen LogP contribution in [-0.2, 0) is 13.6 Å². The molecule has 4 heteroatoms. The highest BCUT2D eigenvalue weighted by Gasteiger charge is 2.18. The van der Waals surface area contributed by atoms with E-state index in [4.69, 9.17) is 11.6 Å². The fourth-order valence-corrected chi connectivity index (χ4v) is 3.05. The lowest BCUT2D eigenvalue weighted by molar-refractivity contribution is 0.557. The molecule has 1 aromatic heterocycles. The van der Waals surface area contributed by atoms with Crippen LogP contribution in [0, 0.1) is 13.8 Å². The van der Waals surface area contributed by atoms with Gasteiger partial charge in [-0.25, -0.2) is 4.98 Å². The van der Waals surface area contributed by atoms with Gasteiger partial charge in [-0.1, -0.05) is 47.5 Å². The summed E-state index contributed by atoms with van der Waals surface area (Å²) in [5.74, 6) is 0.988. The zero-order chi connectivity index (χ0) is 17.1. The molecule has 0 unspecified atom stereocenters. The van der Waals surface area contributed by atoms with Crippen molar-refractivity contribution < 1.29 is 0 Å². The van der Waals surface area contributed by atoms with Gasteiger partial charge in [-0.05, 0) is 42.7 Å². The van der Waals surface area contributed by atoms with Crippen molar-refractivity contribution in [3.63, 3.8) is 0 Å². The average Bonchev–Trinajstić information content (AvgIpc) is 2.97. The van der Waals surface area contributed by atoms with Crippen molar-refractivity contribution in [1.82, 2.24) is 14.9 Å². The van der Waals surface area contributed by atoms with Crippen LogP contribution in [0.25, 0.3) is 0 Å². The van der Waals surface area contributed by atoms with Gasteiger partial charge in [0.25, 0.3) is 0 Å². The predicted octanol–water partition coefficient (Wildman–Crippen LogP) is 4.57. The minimum Gasteiger partial charge on any atom is -0.336 e. The molecule has 0 amide bonds. The van der Waals surface area contributed by atoms with Gasteiger partial charge in [0.1, 0.15) is 5.82 Å². The Morgan fingerprint density at radius 2 is 1.88 bits per heavy atom. The molecule has 0 aliphatic rings. The maximum atomic E-state index is 6.04. The number of aryl methyl sites for hydroxylation is 3. The molecule has 124 valence electrons. The van der Waals surface area contributed by atoms with E-state index in [9.17, 15) is 0 Å². The minimum absolute atomic E-state index is 0.0166. The van der Waals surface area contributed by atoms with Gasteiger partial charge in [-0.3, -0.25) is 5.32 Å². The van der Waals surface area contributed by atoms with Gasteiger partial charge in [0, 0.05) is 31.0 Å². The quantitative estimate of drug-likeness (QED) is 0.738. The molecule has 24 heavy (non-hydrogen) atoms. The Bertz CT molecular complexity index is 821. The summed E-state index contributed by atoms with van der Waals surface area (Å²) in [7, 11) is 2.02. The van der Waals surface area contributed by atoms with Crippen molar-refractivity contribution in [2.24, 2.45) is 7.05 Å². The van der Waals surface area contributed by atoms with Crippen molar-refractivity contribution >= 4 is 11.6 Å². The molecule has 2 aromatic carbocycles. The SMILES string of the molecule is Cc1ccc(CN[C@@H](c2ccc(Cl)cc2)c2nccn2C)c(C)c1. The first-order valence-corrected chi connectivity index (χ1v) is 8.44. The lowest BCUT2D eigenvalue weighted by Crippen LogP contribution is -2.25. The molecule has 0 saturated carbocycles. The number of halogens is 1. The van der Waals surface area contributed by atoms with Gasteiger partial charge >= 0.3 is 0 Å². The second-order valence-corrected chi connectivity index (χ2v) is 6.63. The van der Waals surface area contributed by atoms with E-state index in [0.29, 0.717) is 0 Å². The third-order valence-corrected chi connectivity index (χ3v) is 4.57. The molecule has 0 fully saturated rings. The molecule has 0 spiro atoms. The van der Waals surface area contributed by atoms with Crippen LogP contribution in [0.1, 0.15) is 34.1 Å². The number of nitrogens with zero attached hydrogens (tertiary/aromatic N) is 2. The van der Waals surface area contributed by atoms with E-state index < -0.39 is 0 Å². The van der Waals surface area contributed by atoms with Crippen LogP contribution in [-0.4, -0.2) is 9.55 Å². The van der Waals surface area contributed by atoms with Gasteiger partial charge in [-0.2, -0.15) is 0 Å². The number of aromatic nitrogens is 2. The summed E-state index contributed by atoms with van der Waals surface area (Å²) in [4.78, 5) is 4.53. The number of imidazole rings is 1. The first-order chi connectivity index (χ1) is 11.5. The number of hydrogen-bond donors (Lipinski definition) is 1. The molecule has 0 saturated heterocycles. The number of nitrogens with one attached hydrogen (secondary N) is 1. The predicted molar refractivity (Wildman–Crippen MR) is 99.3 cm³/mol. The smallest absolute Gasteiger partial charge is 0.130 e. The van der Waals surface area contributed by atoms with Gasteiger partial charge in [-0.15, -0.1) is 0 Å². The summed E-state index contributed by atoms with van der Waals surface area (Å²) in [6, 6.07) is 14.5. The minimum atomic E-state index is 0.0166. The van der Waals surface area contributed by atoms with Crippen LogP contribution in [0.2, 0.25) is 5.02 Å². The summed E-state index contributed by atoms with van der Waals surface area (Å²) in [5.41, 5.74) is 5.04. The molecule has 1 atom stereocenters. The Hall–Kier alpha value is -2.10. The summed E-state index contributed by atoms with van der Waals surface area (Å²) in [6.07, 6.45) is 3.80. The third kappa shape index (κ3) is 3.69. The summed E-state index contributed by atoms with van der Waals surface area (Å²) in [5, 5.41) is 4.39. The number of rotatable bonds is 5. The maximum Gasteiger partial charge on any atom is 0.130 e. The van der Waals surface area contributed by atoms with E-state index in [1.807, 2.05) is 36.1 Å². The Labute approximate surface area is 148 Å². The molecule has 0 aliphatic heterocycles. The lowest BCUT2D eigenvalue weighted by Gasteiger charge is -2.20. The van der Waals surface area contributed by atoms with Crippen LogP contribution in [0.5, 0.6) is 0 Å². The van der Waals surface area contributed by atoms with Gasteiger partial charge in [0.2, 0.25) is 0 Å². The van der Waals surface area contributed by atoms with E-state index >= 15 is 0 Å². The highest BCUT2D eigenvalue weighted by atomic mass is 35.5. The van der Waals surface area contributed by atoms with Crippen LogP contribution in [0.15, 0.2) is 54.9 Å². The molecule has 3 aromatic rings. The zero-order valence-corrected chi connectivity index (χ0v) is 15.0. The van der Waals surface area contributed by atoms with Gasteiger partial charge in [0.15, 0.2) is 0 Å². The fourth-order valence-electron chi connectivity index (χ4n) is 2.92. The molecule has 1 N–H and O–H groups in total. The number of benzene rings is 2. The van der Waals surface area contributed by atoms with Crippen LogP contribution in [0.3, 0.4) is 0 Å². The van der Waals surface area contributed by atoms with E-state index in [2.05, 4.69) is 54.5 Å². The van der Waals surface area contributed by atoms with Crippen molar-refractivity contribution in [1.29, 1.82) is 0 Å². The molecule has 0 aliphatic carbocycles. The Morgan fingerprint density at radius 3 is 2.50 bits per heavy atom. The fraction of sp³-hybridized carbons (Fsp3) is 0.250. The lowest BCUT2D eigenvalue weighted by atomic mass is 10.0. The summed E-state index contributed by atoms with van der Waals surface area (Å²) >= 11 is 6.04. The summed E-state index contributed by atoms with van der Waals surface area (Å²) < 4.78 is 2.05. The Balaban J connectivity index is 1.88. The van der Waals surface area contributed by atoms with E-state index in [-0.39, 0.29) is 6.04 Å². The normalized spacial score (nSPS) is 12.3. The molecule has 0 bridgehead atoms. The van der Waals surface area contributed by atoms with Crippen molar-refractivity contribution in [2.45, 2.75) is 26.4 Å². The second-order valence-electron chi connectivity index (χ2n) is 6.19. The number of hydrogen-bond acceptors (Lipinski definition) is 2. The van der Waals surface area contributed by atoms with E-state index in [0.717, 1.165) is 23.0 Å². The van der Waals surface area contributed by atoms with Crippen molar-refractivity contribution in [3.05, 3.63) is 88.0 Å².